The van der Waals surface area contributed by atoms with Crippen LogP contribution in [0.5, 0.6) is 0 Å². The van der Waals surface area contributed by atoms with E-state index in [0.29, 0.717) is 0 Å². The minimum absolute atomic E-state index is 0.185. The third-order valence-electron chi connectivity index (χ3n) is 3.85. The first-order valence-corrected chi connectivity index (χ1v) is 7.64. The Labute approximate surface area is 132 Å². The van der Waals surface area contributed by atoms with Crippen molar-refractivity contribution < 1.29 is 0 Å². The second-order valence-corrected chi connectivity index (χ2v) is 6.64. The van der Waals surface area contributed by atoms with Crippen LogP contribution in [0, 0.1) is 11.8 Å². The van der Waals surface area contributed by atoms with Crippen molar-refractivity contribution in [1.29, 1.82) is 0 Å². The second-order valence-electron chi connectivity index (χ2n) is 6.64. The highest BCUT2D eigenvalue weighted by atomic mass is 14.2. The topological polar surface area (TPSA) is 0 Å². The van der Waals surface area contributed by atoms with E-state index in [1.165, 1.54) is 16.3 Å². The van der Waals surface area contributed by atoms with Gasteiger partial charge < -0.3 is 0 Å². The highest BCUT2D eigenvalue weighted by Crippen LogP contribution is 2.22. The van der Waals surface area contributed by atoms with Crippen LogP contribution in [0.15, 0.2) is 66.7 Å². The fourth-order valence-corrected chi connectivity index (χ4v) is 2.46. The molecule has 22 heavy (non-hydrogen) atoms. The van der Waals surface area contributed by atoms with E-state index in [2.05, 4.69) is 99.3 Å². The molecule has 3 aromatic rings. The molecule has 0 atom stereocenters. The molecule has 3 rings (SSSR count). The molecule has 0 saturated carbocycles. The van der Waals surface area contributed by atoms with Crippen molar-refractivity contribution >= 4 is 10.8 Å². The zero-order chi connectivity index (χ0) is 15.6. The van der Waals surface area contributed by atoms with Gasteiger partial charge >= 0.3 is 0 Å². The Morgan fingerprint density at radius 3 is 1.91 bits per heavy atom. The Bertz CT molecular complexity index is 850. The molecule has 0 radical (unpaired) electrons. The van der Waals surface area contributed by atoms with E-state index >= 15 is 0 Å². The smallest absolute Gasteiger partial charge is 0.0255 e. The lowest BCUT2D eigenvalue weighted by atomic mass is 9.87. The molecule has 0 amide bonds. The predicted octanol–water partition coefficient (Wildman–Crippen LogP) is 5.54. The minimum atomic E-state index is 0.185. The summed E-state index contributed by atoms with van der Waals surface area (Å²) in [6, 6.07) is 23.3. The van der Waals surface area contributed by atoms with Crippen LogP contribution in [0.3, 0.4) is 0 Å². The quantitative estimate of drug-likeness (QED) is 0.476. The second kappa shape index (κ2) is 5.70. The van der Waals surface area contributed by atoms with Gasteiger partial charge in [0.1, 0.15) is 0 Å². The monoisotopic (exact) mass is 284 g/mol. The average Bonchev–Trinajstić information content (AvgIpc) is 2.52. The summed E-state index contributed by atoms with van der Waals surface area (Å²) >= 11 is 0. The molecule has 0 aliphatic heterocycles. The summed E-state index contributed by atoms with van der Waals surface area (Å²) < 4.78 is 0. The van der Waals surface area contributed by atoms with Gasteiger partial charge in [-0.05, 0) is 46.0 Å². The largest absolute Gasteiger partial charge is 0.0617 e. The van der Waals surface area contributed by atoms with Gasteiger partial charge in [-0.15, -0.1) is 0 Å². The number of hydrogen-bond acceptors (Lipinski definition) is 0. The summed E-state index contributed by atoms with van der Waals surface area (Å²) in [7, 11) is 0. The summed E-state index contributed by atoms with van der Waals surface area (Å²) in [6.07, 6.45) is 0. The van der Waals surface area contributed by atoms with Crippen LogP contribution >= 0.6 is 0 Å². The van der Waals surface area contributed by atoms with Gasteiger partial charge in [0.25, 0.3) is 0 Å². The van der Waals surface area contributed by atoms with E-state index in [0.717, 1.165) is 11.1 Å². The highest BCUT2D eigenvalue weighted by molar-refractivity contribution is 5.83. The molecule has 0 nitrogen and oxygen atoms in total. The Balaban J connectivity index is 1.87. The molecule has 0 heterocycles. The van der Waals surface area contributed by atoms with E-state index < -0.39 is 0 Å². The van der Waals surface area contributed by atoms with Gasteiger partial charge in [0.2, 0.25) is 0 Å². The van der Waals surface area contributed by atoms with Gasteiger partial charge in [0.05, 0.1) is 0 Å². The fourth-order valence-electron chi connectivity index (χ4n) is 2.46. The molecule has 0 aromatic heterocycles. The Morgan fingerprint density at radius 1 is 0.636 bits per heavy atom. The van der Waals surface area contributed by atoms with Crippen molar-refractivity contribution in [2.45, 2.75) is 26.2 Å². The van der Waals surface area contributed by atoms with E-state index in [1.54, 1.807) is 0 Å². The SMILES string of the molecule is CC(C)(C)c1ccc(C#Cc2ccc3ccccc3c2)cc1. The van der Waals surface area contributed by atoms with E-state index in [1.807, 2.05) is 0 Å². The normalized spacial score (nSPS) is 11.0. The first-order chi connectivity index (χ1) is 10.5. The molecule has 0 unspecified atom stereocenters. The van der Waals surface area contributed by atoms with Crippen molar-refractivity contribution in [3.05, 3.63) is 83.4 Å². The van der Waals surface area contributed by atoms with Crippen molar-refractivity contribution in [2.24, 2.45) is 0 Å². The number of rotatable bonds is 0. The third kappa shape index (κ3) is 3.21. The van der Waals surface area contributed by atoms with Crippen LogP contribution in [0.4, 0.5) is 0 Å². The third-order valence-corrected chi connectivity index (χ3v) is 3.85. The van der Waals surface area contributed by atoms with Crippen LogP contribution in [-0.4, -0.2) is 0 Å². The Morgan fingerprint density at radius 2 is 1.23 bits per heavy atom. The molecular formula is C22H20. The van der Waals surface area contributed by atoms with Gasteiger partial charge in [-0.1, -0.05) is 75.1 Å². The summed E-state index contributed by atoms with van der Waals surface area (Å²) in [5.74, 6) is 6.52. The van der Waals surface area contributed by atoms with Gasteiger partial charge in [0.15, 0.2) is 0 Å². The van der Waals surface area contributed by atoms with Crippen LogP contribution in [0.2, 0.25) is 0 Å². The van der Waals surface area contributed by atoms with Crippen LogP contribution < -0.4 is 0 Å². The maximum Gasteiger partial charge on any atom is 0.0255 e. The Hall–Kier alpha value is -2.52. The first-order valence-electron chi connectivity index (χ1n) is 7.64. The first kappa shape index (κ1) is 14.4. The van der Waals surface area contributed by atoms with E-state index in [-0.39, 0.29) is 5.41 Å². The molecule has 0 spiro atoms. The maximum absolute atomic E-state index is 3.26. The molecule has 0 bridgehead atoms. The molecule has 0 aliphatic carbocycles. The summed E-state index contributed by atoms with van der Waals surface area (Å²) in [4.78, 5) is 0. The summed E-state index contributed by atoms with van der Waals surface area (Å²) in [5.41, 5.74) is 3.63. The van der Waals surface area contributed by atoms with E-state index in [4.69, 9.17) is 0 Å². The fraction of sp³-hybridized carbons (Fsp3) is 0.182. The molecule has 0 heteroatoms. The predicted molar refractivity (Wildman–Crippen MR) is 95.1 cm³/mol. The van der Waals surface area contributed by atoms with Crippen molar-refractivity contribution in [2.75, 3.05) is 0 Å². The molecule has 108 valence electrons. The number of benzene rings is 3. The Kier molecular flexibility index (Phi) is 3.73. The lowest BCUT2D eigenvalue weighted by molar-refractivity contribution is 0.590. The molecule has 0 fully saturated rings. The van der Waals surface area contributed by atoms with Gasteiger partial charge in [-0.3, -0.25) is 0 Å². The molecule has 0 aliphatic rings. The molecule has 3 aromatic carbocycles. The molecule has 0 saturated heterocycles. The van der Waals surface area contributed by atoms with Crippen LogP contribution in [-0.2, 0) is 5.41 Å². The number of hydrogen-bond donors (Lipinski definition) is 0. The average molecular weight is 284 g/mol. The molecular weight excluding hydrogens is 264 g/mol. The zero-order valence-electron chi connectivity index (χ0n) is 13.4. The van der Waals surface area contributed by atoms with Gasteiger partial charge in [-0.25, -0.2) is 0 Å². The van der Waals surface area contributed by atoms with Gasteiger partial charge in [0, 0.05) is 11.1 Å². The van der Waals surface area contributed by atoms with Gasteiger partial charge in [-0.2, -0.15) is 0 Å². The maximum atomic E-state index is 3.26. The highest BCUT2D eigenvalue weighted by Gasteiger charge is 2.12. The number of fused-ring (bicyclic) bond motifs is 1. The lowest BCUT2D eigenvalue weighted by Crippen LogP contribution is -2.10. The zero-order valence-corrected chi connectivity index (χ0v) is 13.4. The minimum Gasteiger partial charge on any atom is -0.0617 e. The van der Waals surface area contributed by atoms with Crippen molar-refractivity contribution in [1.82, 2.24) is 0 Å². The summed E-state index contributed by atoms with van der Waals surface area (Å²) in [6.45, 7) is 6.67. The van der Waals surface area contributed by atoms with Crippen LogP contribution in [0.1, 0.15) is 37.5 Å². The summed E-state index contributed by atoms with van der Waals surface area (Å²) in [5, 5.41) is 2.49. The van der Waals surface area contributed by atoms with Crippen molar-refractivity contribution in [3.8, 4) is 11.8 Å². The van der Waals surface area contributed by atoms with Crippen LogP contribution in [0.25, 0.3) is 10.8 Å². The standard InChI is InChI=1S/C22H20/c1-22(2,3)21-14-11-17(12-15-21)8-9-18-10-13-19-6-4-5-7-20(19)16-18/h4-7,10-16H,1-3H3. The van der Waals surface area contributed by atoms with Crippen molar-refractivity contribution in [3.63, 3.8) is 0 Å². The molecule has 0 N–H and O–H groups in total. The van der Waals surface area contributed by atoms with E-state index in [9.17, 15) is 0 Å². The lowest BCUT2D eigenvalue weighted by Gasteiger charge is -2.18.